The highest BCUT2D eigenvalue weighted by atomic mass is 79.9. The average molecular weight is 595 g/mol. The van der Waals surface area contributed by atoms with Crippen molar-refractivity contribution in [2.75, 3.05) is 13.7 Å². The molecular formula is C25H31BrN4O8. The van der Waals surface area contributed by atoms with E-state index >= 15 is 0 Å². The van der Waals surface area contributed by atoms with Gasteiger partial charge in [-0.3, -0.25) is 9.59 Å². The standard InChI is InChI=1S/C25H31BrN4O8/c1-25(2,3)38-24(36)29-19(13-31)22(34)28-18(9-14-5-7-17(32)8-6-14)23(35)30-27-12-15-10-16(26)11-20(37-4)21(15)33/h5-8,10-12,18-19,31-33H,9,13H2,1-4H3,(H,28,34)(H,29,36)(H,30,35)/b27-12-/t18-,19-/m0/s1. The number of aliphatic hydroxyl groups is 1. The fourth-order valence-corrected chi connectivity index (χ4v) is 3.54. The highest BCUT2D eigenvalue weighted by Crippen LogP contribution is 2.32. The van der Waals surface area contributed by atoms with E-state index in [0.717, 1.165) is 0 Å². The number of rotatable bonds is 10. The summed E-state index contributed by atoms with van der Waals surface area (Å²) in [5.74, 6) is -1.54. The Morgan fingerprint density at radius 3 is 2.29 bits per heavy atom. The summed E-state index contributed by atoms with van der Waals surface area (Å²) < 4.78 is 10.8. The van der Waals surface area contributed by atoms with Gasteiger partial charge in [-0.2, -0.15) is 5.10 Å². The number of carbonyl (C=O) groups is 3. The fourth-order valence-electron chi connectivity index (χ4n) is 3.09. The quantitative estimate of drug-likeness (QED) is 0.178. The van der Waals surface area contributed by atoms with Crippen LogP contribution in [0, 0.1) is 0 Å². The second-order valence-corrected chi connectivity index (χ2v) is 10.0. The molecule has 6 N–H and O–H groups in total. The Bertz CT molecular complexity index is 1170. The van der Waals surface area contributed by atoms with Crippen LogP contribution in [0.2, 0.25) is 0 Å². The number of carbonyl (C=O) groups excluding carboxylic acids is 3. The Morgan fingerprint density at radius 1 is 1.05 bits per heavy atom. The normalized spacial score (nSPS) is 12.9. The summed E-state index contributed by atoms with van der Waals surface area (Å²) in [6, 6.07) is 6.51. The minimum atomic E-state index is -1.39. The molecule has 2 atom stereocenters. The Hall–Kier alpha value is -3.84. The maximum absolute atomic E-state index is 13.0. The van der Waals surface area contributed by atoms with Gasteiger partial charge in [0, 0.05) is 16.5 Å². The lowest BCUT2D eigenvalue weighted by molar-refractivity contribution is -0.130. The fraction of sp³-hybridized carbons (Fsp3) is 0.360. The molecule has 0 fully saturated rings. The van der Waals surface area contributed by atoms with E-state index in [-0.39, 0.29) is 29.2 Å². The largest absolute Gasteiger partial charge is 0.508 e. The molecule has 12 nitrogen and oxygen atoms in total. The van der Waals surface area contributed by atoms with Crippen molar-refractivity contribution in [1.82, 2.24) is 16.1 Å². The van der Waals surface area contributed by atoms with E-state index < -0.39 is 42.2 Å². The predicted molar refractivity (Wildman–Crippen MR) is 142 cm³/mol. The third-order valence-corrected chi connectivity index (χ3v) is 5.32. The average Bonchev–Trinajstić information content (AvgIpc) is 2.83. The molecule has 0 aromatic heterocycles. The number of nitrogens with one attached hydrogen (secondary N) is 3. The molecule has 0 heterocycles. The number of aromatic hydroxyl groups is 2. The van der Waals surface area contributed by atoms with Gasteiger partial charge in [0.1, 0.15) is 23.4 Å². The van der Waals surface area contributed by atoms with Gasteiger partial charge < -0.3 is 35.4 Å². The van der Waals surface area contributed by atoms with Crippen LogP contribution in [0.4, 0.5) is 4.79 Å². The van der Waals surface area contributed by atoms with Gasteiger partial charge in [-0.15, -0.1) is 0 Å². The molecule has 38 heavy (non-hydrogen) atoms. The van der Waals surface area contributed by atoms with Crippen LogP contribution >= 0.6 is 15.9 Å². The number of ether oxygens (including phenoxy) is 2. The monoisotopic (exact) mass is 594 g/mol. The summed E-state index contributed by atoms with van der Waals surface area (Å²) in [5, 5.41) is 38.1. The predicted octanol–water partition coefficient (Wildman–Crippen LogP) is 1.93. The maximum Gasteiger partial charge on any atom is 0.408 e. The van der Waals surface area contributed by atoms with Gasteiger partial charge in [0.15, 0.2) is 11.5 Å². The number of hydrazone groups is 1. The molecule has 0 spiro atoms. The third-order valence-electron chi connectivity index (χ3n) is 4.87. The van der Waals surface area contributed by atoms with Gasteiger partial charge in [-0.05, 0) is 50.6 Å². The Kier molecular flexibility index (Phi) is 10.9. The first-order valence-electron chi connectivity index (χ1n) is 11.4. The topological polar surface area (TPSA) is 179 Å². The van der Waals surface area contributed by atoms with Crippen LogP contribution in [0.1, 0.15) is 31.9 Å². The number of halogens is 1. The molecule has 0 radical (unpaired) electrons. The molecule has 0 bridgehead atoms. The lowest BCUT2D eigenvalue weighted by atomic mass is 10.0. The van der Waals surface area contributed by atoms with Gasteiger partial charge in [-0.1, -0.05) is 28.1 Å². The van der Waals surface area contributed by atoms with Gasteiger partial charge in [-0.25, -0.2) is 10.2 Å². The van der Waals surface area contributed by atoms with E-state index in [2.05, 4.69) is 37.1 Å². The van der Waals surface area contributed by atoms with Crippen molar-refractivity contribution in [3.8, 4) is 17.2 Å². The number of aliphatic hydroxyl groups excluding tert-OH is 1. The SMILES string of the molecule is COc1cc(Br)cc(/C=N\NC(=O)[C@H](Cc2ccc(O)cc2)NC(=O)[C@H](CO)NC(=O)OC(C)(C)C)c1O. The number of benzene rings is 2. The molecule has 206 valence electrons. The minimum absolute atomic E-state index is 0.00603. The maximum atomic E-state index is 13.0. The van der Waals surface area contributed by atoms with Gasteiger partial charge >= 0.3 is 6.09 Å². The van der Waals surface area contributed by atoms with Crippen LogP contribution in [0.15, 0.2) is 46.0 Å². The molecule has 3 amide bonds. The van der Waals surface area contributed by atoms with Gasteiger partial charge in [0.25, 0.3) is 5.91 Å². The van der Waals surface area contributed by atoms with Crippen LogP contribution in [-0.2, 0) is 20.7 Å². The molecule has 0 aliphatic rings. The molecule has 0 saturated carbocycles. The molecule has 0 aliphatic heterocycles. The van der Waals surface area contributed by atoms with E-state index in [0.29, 0.717) is 10.0 Å². The Labute approximate surface area is 228 Å². The summed E-state index contributed by atoms with van der Waals surface area (Å²) in [6.45, 7) is 4.18. The Balaban J connectivity index is 2.19. The highest BCUT2D eigenvalue weighted by Gasteiger charge is 2.28. The number of hydrogen-bond donors (Lipinski definition) is 6. The summed E-state index contributed by atoms with van der Waals surface area (Å²) in [4.78, 5) is 37.9. The van der Waals surface area contributed by atoms with Crippen LogP contribution in [0.25, 0.3) is 0 Å². The molecule has 2 aromatic carbocycles. The number of amides is 3. The first kappa shape index (κ1) is 30.4. The second kappa shape index (κ2) is 13.6. The lowest BCUT2D eigenvalue weighted by Crippen LogP contribution is -2.55. The number of methoxy groups -OCH3 is 1. The molecule has 2 aromatic rings. The number of hydrogen-bond acceptors (Lipinski definition) is 9. The van der Waals surface area contributed by atoms with Crippen molar-refractivity contribution in [2.24, 2.45) is 5.10 Å². The van der Waals surface area contributed by atoms with Crippen LogP contribution in [0.3, 0.4) is 0 Å². The number of nitrogens with zero attached hydrogens (tertiary/aromatic N) is 1. The van der Waals surface area contributed by atoms with Crippen molar-refractivity contribution in [3.05, 3.63) is 52.0 Å². The summed E-state index contributed by atoms with van der Waals surface area (Å²) in [7, 11) is 1.39. The van der Waals surface area contributed by atoms with E-state index in [9.17, 15) is 29.7 Å². The second-order valence-electron chi connectivity index (χ2n) is 9.09. The van der Waals surface area contributed by atoms with Crippen LogP contribution in [-0.4, -0.2) is 70.8 Å². The third kappa shape index (κ3) is 9.56. The highest BCUT2D eigenvalue weighted by molar-refractivity contribution is 9.10. The van der Waals surface area contributed by atoms with Crippen molar-refractivity contribution in [3.63, 3.8) is 0 Å². The van der Waals surface area contributed by atoms with Crippen molar-refractivity contribution in [2.45, 2.75) is 44.9 Å². The van der Waals surface area contributed by atoms with Crippen LogP contribution in [0.5, 0.6) is 17.2 Å². The van der Waals surface area contributed by atoms with Crippen molar-refractivity contribution in [1.29, 1.82) is 0 Å². The first-order chi connectivity index (χ1) is 17.8. The van der Waals surface area contributed by atoms with Crippen LogP contribution < -0.4 is 20.8 Å². The molecule has 13 heteroatoms. The zero-order valence-electron chi connectivity index (χ0n) is 21.3. The van der Waals surface area contributed by atoms with E-state index in [4.69, 9.17) is 9.47 Å². The zero-order valence-corrected chi connectivity index (χ0v) is 22.9. The molecule has 2 rings (SSSR count). The molecule has 0 saturated heterocycles. The molecule has 0 unspecified atom stereocenters. The van der Waals surface area contributed by atoms with E-state index in [1.165, 1.54) is 25.5 Å². The lowest BCUT2D eigenvalue weighted by Gasteiger charge is -2.24. The van der Waals surface area contributed by atoms with Gasteiger partial charge in [0.2, 0.25) is 5.91 Å². The van der Waals surface area contributed by atoms with Crippen molar-refractivity contribution >= 4 is 40.1 Å². The summed E-state index contributed by atoms with van der Waals surface area (Å²) in [6.07, 6.45) is 0.272. The first-order valence-corrected chi connectivity index (χ1v) is 12.2. The Morgan fingerprint density at radius 2 is 1.71 bits per heavy atom. The smallest absolute Gasteiger partial charge is 0.408 e. The zero-order chi connectivity index (χ0) is 28.5. The van der Waals surface area contributed by atoms with E-state index in [1.807, 2.05) is 0 Å². The summed E-state index contributed by atoms with van der Waals surface area (Å²) in [5.41, 5.74) is 2.33. The number of phenolic OH excluding ortho intramolecular Hbond substituents is 2. The molecule has 0 aliphatic carbocycles. The number of alkyl carbamates (subject to hydrolysis) is 1. The number of phenols is 2. The van der Waals surface area contributed by atoms with Gasteiger partial charge in [0.05, 0.1) is 19.9 Å². The van der Waals surface area contributed by atoms with Crippen molar-refractivity contribution < 1.29 is 39.2 Å². The minimum Gasteiger partial charge on any atom is -0.508 e. The summed E-state index contributed by atoms with van der Waals surface area (Å²) >= 11 is 3.29. The van der Waals surface area contributed by atoms with E-state index in [1.54, 1.807) is 45.0 Å². The molecular weight excluding hydrogens is 564 g/mol.